The van der Waals surface area contributed by atoms with E-state index in [-0.39, 0.29) is 24.8 Å². The molecule has 0 unspecified atom stereocenters. The van der Waals surface area contributed by atoms with Crippen molar-refractivity contribution >= 4 is 36.2 Å². The molecule has 0 bridgehead atoms. The predicted molar refractivity (Wildman–Crippen MR) is 95.9 cm³/mol. The molecule has 0 spiro atoms. The van der Waals surface area contributed by atoms with Gasteiger partial charge in [0, 0.05) is 0 Å². The standard InChI is InChI=1S/C7H8Si.2C5H5.2ClH.Ti/c1-8-7-5-3-2-4-6-7;2*1-2-4-5-3-1;;;/h2-6H,1H3;2*1-3H,4H2;2*1H;. The fourth-order valence-corrected chi connectivity index (χ4v) is 15.4. The summed E-state index contributed by atoms with van der Waals surface area (Å²) < 4.78 is 3.55. The van der Waals surface area contributed by atoms with E-state index in [0.29, 0.717) is 0 Å². The van der Waals surface area contributed by atoms with Crippen LogP contribution in [0.4, 0.5) is 0 Å². The molecule has 3 rings (SSSR count). The molecule has 2 aliphatic rings. The van der Waals surface area contributed by atoms with Crippen molar-refractivity contribution in [3.05, 3.63) is 74.5 Å². The number of halogens is 2. The first-order valence-electron chi connectivity index (χ1n) is 6.84. The Balaban J connectivity index is 0.00000110. The fraction of sp³-hybridized carbons (Fsp3) is 0.176. The monoisotopic (exact) mass is 370 g/mol. The van der Waals surface area contributed by atoms with Gasteiger partial charge in [-0.1, -0.05) is 0 Å². The van der Waals surface area contributed by atoms with E-state index < -0.39 is 22.8 Å². The number of hydrogen-bond donors (Lipinski definition) is 0. The van der Waals surface area contributed by atoms with Gasteiger partial charge in [0.05, 0.1) is 0 Å². The number of rotatable bonds is 3. The summed E-state index contributed by atoms with van der Waals surface area (Å²) >= 11 is -1.28. The van der Waals surface area contributed by atoms with Crippen molar-refractivity contribution in [2.75, 3.05) is 0 Å². The normalized spacial score (nSPS) is 14.9. The smallest absolute Gasteiger partial charge is 0.147 e. The van der Waals surface area contributed by atoms with Gasteiger partial charge >= 0.3 is 122 Å². The summed E-state index contributed by atoms with van der Waals surface area (Å²) in [5.41, 5.74) is 0. The van der Waals surface area contributed by atoms with Crippen molar-refractivity contribution in [1.82, 2.24) is 0 Å². The SMILES string of the molecule is C[Si](c1ccccc1)=[Ti]([C]1=CC=CC1)[C]1=CC=CC1.Cl.Cl. The van der Waals surface area contributed by atoms with E-state index in [1.54, 1.807) is 12.9 Å². The Bertz CT molecular complexity index is 608. The molecule has 110 valence electrons. The first-order valence-corrected chi connectivity index (χ1v) is 12.7. The fourth-order valence-electron chi connectivity index (χ4n) is 2.79. The topological polar surface area (TPSA) is 0 Å². The Morgan fingerprint density at radius 1 is 0.857 bits per heavy atom. The van der Waals surface area contributed by atoms with Gasteiger partial charge in [0.15, 0.2) is 0 Å². The molecule has 1 aromatic rings. The van der Waals surface area contributed by atoms with Crippen LogP contribution < -0.4 is 5.19 Å². The third-order valence-corrected chi connectivity index (χ3v) is 16.4. The molecule has 0 saturated carbocycles. The van der Waals surface area contributed by atoms with Crippen molar-refractivity contribution in [1.29, 1.82) is 0 Å². The Morgan fingerprint density at radius 2 is 1.38 bits per heavy atom. The summed E-state index contributed by atoms with van der Waals surface area (Å²) in [6.07, 6.45) is 16.0. The molecule has 0 N–H and O–H groups in total. The van der Waals surface area contributed by atoms with Gasteiger partial charge < -0.3 is 0 Å². The first-order chi connectivity index (χ1) is 9.36. The van der Waals surface area contributed by atoms with E-state index >= 15 is 0 Å². The third kappa shape index (κ3) is 4.34. The second-order valence-electron chi connectivity index (χ2n) is 5.01. The van der Waals surface area contributed by atoms with Crippen LogP contribution in [0.2, 0.25) is 6.55 Å². The maximum absolute atomic E-state index is 2.54. The summed E-state index contributed by atoms with van der Waals surface area (Å²) in [5.74, 6) is 0. The summed E-state index contributed by atoms with van der Waals surface area (Å²) in [6.45, 7) is 2.54. The Morgan fingerprint density at radius 3 is 1.81 bits per heavy atom. The molecule has 0 aromatic heterocycles. The number of benzene rings is 1. The second-order valence-corrected chi connectivity index (χ2v) is 15.6. The minimum Gasteiger partial charge on any atom is -0.147 e. The molecule has 21 heavy (non-hydrogen) atoms. The van der Waals surface area contributed by atoms with Gasteiger partial charge in [-0.15, -0.1) is 24.8 Å². The van der Waals surface area contributed by atoms with Gasteiger partial charge in [-0.2, -0.15) is 0 Å². The Kier molecular flexibility index (Phi) is 8.01. The molecule has 0 aliphatic heterocycles. The molecular weight excluding hydrogens is 351 g/mol. The number of allylic oxidation sites excluding steroid dienone is 8. The molecule has 0 saturated heterocycles. The molecule has 0 radical (unpaired) electrons. The average Bonchev–Trinajstić information content (AvgIpc) is 3.13. The molecule has 0 atom stereocenters. The van der Waals surface area contributed by atoms with Crippen LogP contribution >= 0.6 is 24.8 Å². The Hall–Kier alpha value is -0.309. The molecule has 0 fully saturated rings. The quantitative estimate of drug-likeness (QED) is 0.678. The van der Waals surface area contributed by atoms with Crippen molar-refractivity contribution in [3.63, 3.8) is 0 Å². The predicted octanol–water partition coefficient (Wildman–Crippen LogP) is 4.66. The van der Waals surface area contributed by atoms with Gasteiger partial charge in [0.1, 0.15) is 0 Å². The number of hydrogen-bond acceptors (Lipinski definition) is 0. The van der Waals surface area contributed by atoms with Crippen LogP contribution in [-0.4, -0.2) is 6.19 Å². The van der Waals surface area contributed by atoms with Crippen molar-refractivity contribution < 1.29 is 16.6 Å². The maximum atomic E-state index is 2.54. The van der Waals surface area contributed by atoms with Gasteiger partial charge in [-0.25, -0.2) is 0 Å². The van der Waals surface area contributed by atoms with Gasteiger partial charge in [-0.3, -0.25) is 0 Å². The summed E-state index contributed by atoms with van der Waals surface area (Å²) in [4.78, 5) is 0. The minimum atomic E-state index is -1.28. The second kappa shape index (κ2) is 8.97. The molecule has 0 heterocycles. The van der Waals surface area contributed by atoms with E-state index in [0.717, 1.165) is 0 Å². The minimum absolute atomic E-state index is 0. The van der Waals surface area contributed by atoms with Gasteiger partial charge in [-0.05, 0) is 0 Å². The van der Waals surface area contributed by atoms with Crippen LogP contribution in [0.3, 0.4) is 0 Å². The van der Waals surface area contributed by atoms with Gasteiger partial charge in [0.2, 0.25) is 0 Å². The molecule has 0 nitrogen and oxygen atoms in total. The van der Waals surface area contributed by atoms with Crippen LogP contribution in [0.15, 0.2) is 74.5 Å². The van der Waals surface area contributed by atoms with Crippen molar-refractivity contribution in [3.8, 4) is 0 Å². The van der Waals surface area contributed by atoms with E-state index in [1.165, 1.54) is 12.8 Å². The van der Waals surface area contributed by atoms with Crippen LogP contribution in [0.1, 0.15) is 12.8 Å². The van der Waals surface area contributed by atoms with Crippen LogP contribution in [0, 0.1) is 0 Å². The summed E-state index contributed by atoms with van der Waals surface area (Å²) in [5, 5.41) is 1.61. The van der Waals surface area contributed by atoms with Crippen LogP contribution in [0.25, 0.3) is 0 Å². The van der Waals surface area contributed by atoms with Gasteiger partial charge in [0.25, 0.3) is 0 Å². The van der Waals surface area contributed by atoms with Crippen molar-refractivity contribution in [2.24, 2.45) is 0 Å². The average molecular weight is 371 g/mol. The zero-order chi connectivity index (χ0) is 13.1. The van der Waals surface area contributed by atoms with Crippen molar-refractivity contribution in [2.45, 2.75) is 19.4 Å². The summed E-state index contributed by atoms with van der Waals surface area (Å²) in [7, 11) is 0. The zero-order valence-corrected chi connectivity index (χ0v) is 16.3. The largest absolute Gasteiger partial charge is 0.147 e. The van der Waals surface area contributed by atoms with E-state index in [4.69, 9.17) is 0 Å². The molecule has 1 aromatic carbocycles. The Labute approximate surface area is 146 Å². The molecule has 0 amide bonds. The van der Waals surface area contributed by atoms with Crippen LogP contribution in [-0.2, 0) is 16.6 Å². The van der Waals surface area contributed by atoms with E-state index in [2.05, 4.69) is 73.3 Å². The zero-order valence-electron chi connectivity index (χ0n) is 12.1. The molecule has 4 heteroatoms. The van der Waals surface area contributed by atoms with E-state index in [1.807, 2.05) is 0 Å². The van der Waals surface area contributed by atoms with E-state index in [9.17, 15) is 0 Å². The van der Waals surface area contributed by atoms with Crippen LogP contribution in [0.5, 0.6) is 0 Å². The molecule has 2 aliphatic carbocycles. The maximum Gasteiger partial charge on any atom is -0.147 e. The molecular formula is C17H20Cl2SiTi. The first kappa shape index (κ1) is 18.7. The summed E-state index contributed by atoms with van der Waals surface area (Å²) in [6, 6.07) is 11.2. The third-order valence-electron chi connectivity index (χ3n) is 3.77.